The zero-order chi connectivity index (χ0) is 14.1. The number of nitrogens with zero attached hydrogens (tertiary/aromatic N) is 1. The summed E-state index contributed by atoms with van der Waals surface area (Å²) >= 11 is 0. The number of rotatable bonds is 2. The first-order chi connectivity index (χ1) is 9.66. The van der Waals surface area contributed by atoms with Crippen molar-refractivity contribution in [2.45, 2.75) is 19.9 Å². The third-order valence-electron chi connectivity index (χ3n) is 3.54. The van der Waals surface area contributed by atoms with Gasteiger partial charge >= 0.3 is 0 Å². The number of aromatic amines is 1. The quantitative estimate of drug-likeness (QED) is 0.781. The first-order valence-corrected chi connectivity index (χ1v) is 6.50. The smallest absolute Gasteiger partial charge is 0.276 e. The Morgan fingerprint density at radius 1 is 1.45 bits per heavy atom. The monoisotopic (exact) mass is 274 g/mol. The number of hydrogen-bond donors (Lipinski definition) is 3. The van der Waals surface area contributed by atoms with Gasteiger partial charge in [0.05, 0.1) is 0 Å². The summed E-state index contributed by atoms with van der Waals surface area (Å²) < 4.78 is 13.5. The van der Waals surface area contributed by atoms with Crippen LogP contribution in [0.2, 0.25) is 0 Å². The molecule has 6 heteroatoms. The van der Waals surface area contributed by atoms with Gasteiger partial charge in [0.15, 0.2) is 5.69 Å². The number of carbonyl (C=O) groups is 1. The number of halogens is 1. The predicted molar refractivity (Wildman–Crippen MR) is 73.1 cm³/mol. The summed E-state index contributed by atoms with van der Waals surface area (Å²) in [6.07, 6.45) is 0.828. The Hall–Kier alpha value is -2.21. The molecule has 5 nitrogen and oxygen atoms in total. The van der Waals surface area contributed by atoms with E-state index < -0.39 is 0 Å². The average Bonchev–Trinajstić information content (AvgIpc) is 2.88. The Kier molecular flexibility index (Phi) is 3.23. The summed E-state index contributed by atoms with van der Waals surface area (Å²) in [5.41, 5.74) is 3.14. The molecule has 20 heavy (non-hydrogen) atoms. The highest BCUT2D eigenvalue weighted by atomic mass is 19.1. The number of hydrogen-bond acceptors (Lipinski definition) is 3. The normalized spacial score (nSPS) is 13.9. The van der Waals surface area contributed by atoms with Gasteiger partial charge in [0.1, 0.15) is 5.82 Å². The number of H-pyrrole nitrogens is 1. The molecule has 0 bridgehead atoms. The molecular formula is C14H15FN4O. The van der Waals surface area contributed by atoms with Gasteiger partial charge in [-0.05, 0) is 19.1 Å². The second kappa shape index (κ2) is 5.05. The van der Waals surface area contributed by atoms with E-state index in [9.17, 15) is 9.18 Å². The van der Waals surface area contributed by atoms with Crippen molar-refractivity contribution in [2.24, 2.45) is 0 Å². The maximum absolute atomic E-state index is 13.5. The van der Waals surface area contributed by atoms with E-state index in [0.717, 1.165) is 24.2 Å². The molecular weight excluding hydrogens is 259 g/mol. The summed E-state index contributed by atoms with van der Waals surface area (Å²) in [6.45, 7) is 3.13. The third kappa shape index (κ3) is 2.18. The molecule has 1 aromatic carbocycles. The summed E-state index contributed by atoms with van der Waals surface area (Å²) in [6, 6.07) is 4.61. The predicted octanol–water partition coefficient (Wildman–Crippen LogP) is 1.76. The van der Waals surface area contributed by atoms with E-state index in [1.807, 2.05) is 0 Å². The van der Waals surface area contributed by atoms with E-state index in [1.54, 1.807) is 19.1 Å². The second-order valence-corrected chi connectivity index (χ2v) is 4.82. The van der Waals surface area contributed by atoms with Gasteiger partial charge in [0.2, 0.25) is 0 Å². The fourth-order valence-corrected chi connectivity index (χ4v) is 2.34. The van der Waals surface area contributed by atoms with Crippen molar-refractivity contribution in [2.75, 3.05) is 11.9 Å². The van der Waals surface area contributed by atoms with Crippen molar-refractivity contribution in [1.29, 1.82) is 0 Å². The molecule has 0 spiro atoms. The van der Waals surface area contributed by atoms with Gasteiger partial charge in [-0.3, -0.25) is 9.89 Å². The minimum atomic E-state index is -0.339. The van der Waals surface area contributed by atoms with Crippen molar-refractivity contribution in [1.82, 2.24) is 15.5 Å². The first kappa shape index (κ1) is 12.8. The van der Waals surface area contributed by atoms with E-state index in [1.165, 1.54) is 6.07 Å². The SMILES string of the molecule is Cc1c(F)cccc1NC(=O)c1n[nH]c2c1CNCC2. The molecule has 0 radical (unpaired) electrons. The van der Waals surface area contributed by atoms with Crippen molar-refractivity contribution in [3.8, 4) is 0 Å². The van der Waals surface area contributed by atoms with Crippen LogP contribution in [0.5, 0.6) is 0 Å². The van der Waals surface area contributed by atoms with Crippen LogP contribution in [-0.4, -0.2) is 22.6 Å². The van der Waals surface area contributed by atoms with E-state index in [-0.39, 0.29) is 11.7 Å². The van der Waals surface area contributed by atoms with Gasteiger partial charge in [-0.2, -0.15) is 5.10 Å². The maximum Gasteiger partial charge on any atom is 0.276 e. The fraction of sp³-hybridized carbons (Fsp3) is 0.286. The number of aromatic nitrogens is 2. The Morgan fingerprint density at radius 3 is 3.15 bits per heavy atom. The lowest BCUT2D eigenvalue weighted by Crippen LogP contribution is -2.25. The molecule has 0 saturated heterocycles. The minimum absolute atomic E-state index is 0.320. The third-order valence-corrected chi connectivity index (χ3v) is 3.54. The van der Waals surface area contributed by atoms with Crippen molar-refractivity contribution in [3.05, 3.63) is 46.5 Å². The summed E-state index contributed by atoms with van der Waals surface area (Å²) in [5.74, 6) is -0.659. The molecule has 3 rings (SSSR count). The first-order valence-electron chi connectivity index (χ1n) is 6.50. The van der Waals surface area contributed by atoms with Gasteiger partial charge in [-0.1, -0.05) is 6.07 Å². The van der Waals surface area contributed by atoms with Crippen LogP contribution in [-0.2, 0) is 13.0 Å². The Bertz CT molecular complexity index is 665. The van der Waals surface area contributed by atoms with Crippen LogP contribution in [0.4, 0.5) is 10.1 Å². The van der Waals surface area contributed by atoms with E-state index in [0.29, 0.717) is 23.5 Å². The lowest BCUT2D eigenvalue weighted by atomic mass is 10.1. The standard InChI is InChI=1S/C14H15FN4O/c1-8-10(15)3-2-4-11(8)17-14(20)13-9-7-16-6-5-12(9)18-19-13/h2-4,16H,5-7H2,1H3,(H,17,20)(H,18,19). The van der Waals surface area contributed by atoms with Gasteiger partial charge in [-0.25, -0.2) is 4.39 Å². The molecule has 2 aromatic rings. The van der Waals surface area contributed by atoms with Crippen molar-refractivity contribution < 1.29 is 9.18 Å². The highest BCUT2D eigenvalue weighted by molar-refractivity contribution is 6.04. The fourth-order valence-electron chi connectivity index (χ4n) is 2.34. The van der Waals surface area contributed by atoms with Gasteiger partial charge < -0.3 is 10.6 Å². The molecule has 1 aromatic heterocycles. The lowest BCUT2D eigenvalue weighted by molar-refractivity contribution is 0.102. The molecule has 0 saturated carbocycles. The van der Waals surface area contributed by atoms with Crippen LogP contribution >= 0.6 is 0 Å². The number of fused-ring (bicyclic) bond motifs is 1. The molecule has 0 unspecified atom stereocenters. The van der Waals surface area contributed by atoms with Crippen LogP contribution in [0.1, 0.15) is 27.3 Å². The molecule has 1 aliphatic heterocycles. The Morgan fingerprint density at radius 2 is 2.30 bits per heavy atom. The summed E-state index contributed by atoms with van der Waals surface area (Å²) in [4.78, 5) is 12.3. The Labute approximate surface area is 115 Å². The van der Waals surface area contributed by atoms with E-state index in [4.69, 9.17) is 0 Å². The lowest BCUT2D eigenvalue weighted by Gasteiger charge is -2.13. The van der Waals surface area contributed by atoms with Crippen molar-refractivity contribution in [3.63, 3.8) is 0 Å². The molecule has 1 amide bonds. The number of carbonyl (C=O) groups excluding carboxylic acids is 1. The molecule has 0 aliphatic carbocycles. The highest BCUT2D eigenvalue weighted by Gasteiger charge is 2.22. The summed E-state index contributed by atoms with van der Waals surface area (Å²) in [7, 11) is 0. The molecule has 104 valence electrons. The van der Waals surface area contributed by atoms with E-state index in [2.05, 4.69) is 20.8 Å². The summed E-state index contributed by atoms with van der Waals surface area (Å²) in [5, 5.41) is 12.9. The molecule has 0 fully saturated rings. The largest absolute Gasteiger partial charge is 0.320 e. The molecule has 1 aliphatic rings. The molecule has 3 N–H and O–H groups in total. The number of nitrogens with one attached hydrogen (secondary N) is 3. The number of benzene rings is 1. The second-order valence-electron chi connectivity index (χ2n) is 4.82. The van der Waals surface area contributed by atoms with Crippen LogP contribution in [0, 0.1) is 12.7 Å². The zero-order valence-corrected chi connectivity index (χ0v) is 11.1. The van der Waals surface area contributed by atoms with Gasteiger partial charge in [0.25, 0.3) is 5.91 Å². The van der Waals surface area contributed by atoms with Crippen LogP contribution in [0.3, 0.4) is 0 Å². The van der Waals surface area contributed by atoms with Crippen molar-refractivity contribution >= 4 is 11.6 Å². The number of amides is 1. The minimum Gasteiger partial charge on any atom is -0.320 e. The topological polar surface area (TPSA) is 69.8 Å². The van der Waals surface area contributed by atoms with Crippen LogP contribution in [0.15, 0.2) is 18.2 Å². The maximum atomic E-state index is 13.5. The van der Waals surface area contributed by atoms with Gasteiger partial charge in [-0.15, -0.1) is 0 Å². The number of anilines is 1. The zero-order valence-electron chi connectivity index (χ0n) is 11.1. The van der Waals surface area contributed by atoms with Crippen LogP contribution < -0.4 is 10.6 Å². The van der Waals surface area contributed by atoms with Gasteiger partial charge in [0, 0.05) is 42.0 Å². The van der Waals surface area contributed by atoms with E-state index >= 15 is 0 Å². The Balaban J connectivity index is 1.86. The molecule has 0 atom stereocenters. The van der Waals surface area contributed by atoms with Crippen LogP contribution in [0.25, 0.3) is 0 Å². The molecule has 2 heterocycles. The highest BCUT2D eigenvalue weighted by Crippen LogP contribution is 2.20. The average molecular weight is 274 g/mol.